The number of hydrogen-bond acceptors (Lipinski definition) is 4. The molecule has 3 rings (SSSR count). The summed E-state index contributed by atoms with van der Waals surface area (Å²) >= 11 is 0. The van der Waals surface area contributed by atoms with E-state index in [9.17, 15) is 18.8 Å². The molecule has 0 spiro atoms. The summed E-state index contributed by atoms with van der Waals surface area (Å²) in [6.45, 7) is 2.26. The Bertz CT molecular complexity index is 1070. The topological polar surface area (TPSA) is 94.4 Å². The van der Waals surface area contributed by atoms with Gasteiger partial charge in [0.15, 0.2) is 6.61 Å². The number of aryl methyl sites for hydroxylation is 2. The van der Waals surface area contributed by atoms with Crippen molar-refractivity contribution in [2.45, 2.75) is 26.4 Å². The van der Waals surface area contributed by atoms with Crippen LogP contribution in [-0.2, 0) is 22.7 Å². The third kappa shape index (κ3) is 4.81. The first kappa shape index (κ1) is 20.1. The molecule has 0 aliphatic rings. The van der Waals surface area contributed by atoms with E-state index in [0.29, 0.717) is 12.3 Å². The highest BCUT2D eigenvalue weighted by atomic mass is 19.1. The number of carbonyl (C=O) groups is 2. The predicted octanol–water partition coefficient (Wildman–Crippen LogP) is 1.58. The van der Waals surface area contributed by atoms with Crippen LogP contribution in [-0.4, -0.2) is 27.6 Å². The fraction of sp³-hybridized carbons (Fsp3) is 0.250. The normalized spacial score (nSPS) is 10.7. The third-order valence-corrected chi connectivity index (χ3v) is 4.33. The van der Waals surface area contributed by atoms with Crippen LogP contribution in [0.3, 0.4) is 0 Å². The van der Waals surface area contributed by atoms with Crippen LogP contribution in [0, 0.1) is 5.82 Å². The van der Waals surface area contributed by atoms with Crippen molar-refractivity contribution in [1.82, 2.24) is 20.0 Å². The smallest absolute Gasteiger partial charge is 0.329 e. The van der Waals surface area contributed by atoms with Crippen molar-refractivity contribution < 1.29 is 18.7 Å². The monoisotopic (exact) mass is 400 g/mol. The molecule has 2 amide bonds. The minimum atomic E-state index is -0.567. The molecule has 0 fully saturated rings. The van der Waals surface area contributed by atoms with E-state index in [-0.39, 0.29) is 25.3 Å². The first-order chi connectivity index (χ1) is 14.0. The van der Waals surface area contributed by atoms with E-state index in [4.69, 9.17) is 4.74 Å². The molecule has 2 N–H and O–H groups in total. The molecule has 0 saturated heterocycles. The van der Waals surface area contributed by atoms with Crippen LogP contribution >= 0.6 is 0 Å². The summed E-state index contributed by atoms with van der Waals surface area (Å²) in [5, 5.41) is 0. The number of amides is 2. The summed E-state index contributed by atoms with van der Waals surface area (Å²) < 4.78 is 21.2. The van der Waals surface area contributed by atoms with Gasteiger partial charge < -0.3 is 4.74 Å². The van der Waals surface area contributed by atoms with E-state index < -0.39 is 17.6 Å². The summed E-state index contributed by atoms with van der Waals surface area (Å²) in [4.78, 5) is 36.3. The van der Waals surface area contributed by atoms with Crippen molar-refractivity contribution in [2.75, 3.05) is 6.61 Å². The lowest BCUT2D eigenvalue weighted by Gasteiger charge is -2.09. The van der Waals surface area contributed by atoms with E-state index in [2.05, 4.69) is 10.9 Å². The third-order valence-electron chi connectivity index (χ3n) is 4.33. The molecule has 3 aromatic rings. The van der Waals surface area contributed by atoms with Crippen LogP contribution in [0.5, 0.6) is 5.75 Å². The van der Waals surface area contributed by atoms with Gasteiger partial charge in [-0.2, -0.15) is 0 Å². The minimum Gasteiger partial charge on any atom is -0.484 e. The zero-order chi connectivity index (χ0) is 20.8. The van der Waals surface area contributed by atoms with Crippen LogP contribution in [0.25, 0.3) is 11.0 Å². The summed E-state index contributed by atoms with van der Waals surface area (Å²) in [7, 11) is 0. The summed E-state index contributed by atoms with van der Waals surface area (Å²) in [5.41, 5.74) is 5.91. The molecular formula is C20H21FN4O4. The lowest BCUT2D eigenvalue weighted by atomic mass is 10.3. The second-order valence-corrected chi connectivity index (χ2v) is 6.26. The van der Waals surface area contributed by atoms with Gasteiger partial charge in [-0.3, -0.25) is 29.6 Å². The number of nitrogens with one attached hydrogen (secondary N) is 2. The van der Waals surface area contributed by atoms with Gasteiger partial charge in [-0.15, -0.1) is 0 Å². The number of carbonyl (C=O) groups excluding carboxylic acids is 2. The van der Waals surface area contributed by atoms with Gasteiger partial charge in [0.1, 0.15) is 11.6 Å². The predicted molar refractivity (Wildman–Crippen MR) is 105 cm³/mol. The van der Waals surface area contributed by atoms with E-state index in [1.165, 1.54) is 28.8 Å². The van der Waals surface area contributed by atoms with Crippen molar-refractivity contribution >= 4 is 22.8 Å². The van der Waals surface area contributed by atoms with Crippen LogP contribution in [0.15, 0.2) is 53.3 Å². The molecule has 1 aromatic heterocycles. The first-order valence-corrected chi connectivity index (χ1v) is 9.13. The highest BCUT2D eigenvalue weighted by molar-refractivity contribution is 5.83. The fourth-order valence-electron chi connectivity index (χ4n) is 2.93. The molecule has 0 atom stereocenters. The number of benzene rings is 2. The van der Waals surface area contributed by atoms with Gasteiger partial charge in [0.25, 0.3) is 5.91 Å². The number of rotatable bonds is 7. The molecule has 8 nitrogen and oxygen atoms in total. The second-order valence-electron chi connectivity index (χ2n) is 6.26. The number of para-hydroxylation sites is 2. The lowest BCUT2D eigenvalue weighted by molar-refractivity contribution is -0.130. The molecule has 29 heavy (non-hydrogen) atoms. The molecule has 0 unspecified atom stereocenters. The molecule has 152 valence electrons. The van der Waals surface area contributed by atoms with Gasteiger partial charge in [-0.1, -0.05) is 12.1 Å². The Kier molecular flexibility index (Phi) is 6.28. The van der Waals surface area contributed by atoms with Crippen molar-refractivity contribution in [2.24, 2.45) is 0 Å². The molecular weight excluding hydrogens is 379 g/mol. The van der Waals surface area contributed by atoms with Crippen LogP contribution in [0.4, 0.5) is 4.39 Å². The van der Waals surface area contributed by atoms with Crippen molar-refractivity contribution in [3.05, 3.63) is 64.8 Å². The van der Waals surface area contributed by atoms with E-state index in [1.54, 1.807) is 4.57 Å². The van der Waals surface area contributed by atoms with E-state index >= 15 is 0 Å². The molecule has 0 bridgehead atoms. The standard InChI is InChI=1S/C20H21FN4O4/c1-2-24-16-5-3-4-6-17(16)25(20(24)28)12-11-18(26)22-23-19(27)13-29-15-9-7-14(21)8-10-15/h3-10H,2,11-13H2,1H3,(H,22,26)(H,23,27). The molecule has 0 radical (unpaired) electrons. The second kappa shape index (κ2) is 9.05. The van der Waals surface area contributed by atoms with E-state index in [1.807, 2.05) is 31.2 Å². The van der Waals surface area contributed by atoms with Gasteiger partial charge in [0, 0.05) is 19.5 Å². The van der Waals surface area contributed by atoms with Crippen molar-refractivity contribution in [3.8, 4) is 5.75 Å². The first-order valence-electron chi connectivity index (χ1n) is 9.13. The highest BCUT2D eigenvalue weighted by Gasteiger charge is 2.13. The zero-order valence-corrected chi connectivity index (χ0v) is 15.9. The average Bonchev–Trinajstić information content (AvgIpc) is 3.00. The maximum Gasteiger partial charge on any atom is 0.329 e. The van der Waals surface area contributed by atoms with Gasteiger partial charge in [0.2, 0.25) is 5.91 Å². The van der Waals surface area contributed by atoms with Gasteiger partial charge >= 0.3 is 5.69 Å². The number of hydrazine groups is 1. The number of nitrogens with zero attached hydrogens (tertiary/aromatic N) is 2. The number of hydrogen-bond donors (Lipinski definition) is 2. The Morgan fingerprint density at radius 1 is 0.966 bits per heavy atom. The summed E-state index contributed by atoms with van der Waals surface area (Å²) in [5.74, 6) is -1.09. The van der Waals surface area contributed by atoms with Gasteiger partial charge in [0.05, 0.1) is 11.0 Å². The van der Waals surface area contributed by atoms with Gasteiger partial charge in [-0.05, 0) is 43.3 Å². The van der Waals surface area contributed by atoms with Gasteiger partial charge in [-0.25, -0.2) is 9.18 Å². The summed E-state index contributed by atoms with van der Waals surface area (Å²) in [6.07, 6.45) is 0.0106. The van der Waals surface area contributed by atoms with Crippen molar-refractivity contribution in [3.63, 3.8) is 0 Å². The quantitative estimate of drug-likeness (QED) is 0.589. The zero-order valence-electron chi connectivity index (χ0n) is 15.9. The number of fused-ring (bicyclic) bond motifs is 1. The summed E-state index contributed by atoms with van der Waals surface area (Å²) in [6, 6.07) is 12.6. The number of halogens is 1. The van der Waals surface area contributed by atoms with Crippen LogP contribution in [0.1, 0.15) is 13.3 Å². The Morgan fingerprint density at radius 3 is 2.24 bits per heavy atom. The Balaban J connectivity index is 1.50. The minimum absolute atomic E-state index is 0.0106. The number of imidazole rings is 1. The number of aromatic nitrogens is 2. The van der Waals surface area contributed by atoms with Crippen LogP contribution < -0.4 is 21.3 Å². The van der Waals surface area contributed by atoms with E-state index in [0.717, 1.165) is 11.0 Å². The Morgan fingerprint density at radius 2 is 1.59 bits per heavy atom. The Labute approximate surface area is 165 Å². The highest BCUT2D eigenvalue weighted by Crippen LogP contribution is 2.13. The average molecular weight is 400 g/mol. The molecule has 0 aliphatic carbocycles. The lowest BCUT2D eigenvalue weighted by Crippen LogP contribution is -2.44. The molecule has 0 aliphatic heterocycles. The maximum absolute atomic E-state index is 12.8. The molecule has 1 heterocycles. The number of ether oxygens (including phenoxy) is 1. The molecule has 9 heteroatoms. The van der Waals surface area contributed by atoms with Crippen molar-refractivity contribution in [1.29, 1.82) is 0 Å². The molecule has 0 saturated carbocycles. The molecule has 2 aromatic carbocycles. The Hall–Kier alpha value is -3.62. The fourth-order valence-corrected chi connectivity index (χ4v) is 2.93. The maximum atomic E-state index is 12.8. The SMILES string of the molecule is CCn1c(=O)n(CCC(=O)NNC(=O)COc2ccc(F)cc2)c2ccccc21. The largest absolute Gasteiger partial charge is 0.484 e. The van der Waals surface area contributed by atoms with Crippen LogP contribution in [0.2, 0.25) is 0 Å².